The number of carbonyl (C=O) groups is 1. The first-order valence-electron chi connectivity index (χ1n) is 8.15. The van der Waals surface area contributed by atoms with Crippen LogP contribution in [0.3, 0.4) is 0 Å². The second-order valence-electron chi connectivity index (χ2n) is 5.81. The highest BCUT2D eigenvalue weighted by Gasteiger charge is 2.16. The average Bonchev–Trinajstić information content (AvgIpc) is 2.67. The summed E-state index contributed by atoms with van der Waals surface area (Å²) in [5.41, 5.74) is 1.23. The summed E-state index contributed by atoms with van der Waals surface area (Å²) in [4.78, 5) is 12.3. The zero-order valence-electron chi connectivity index (χ0n) is 14.2. The molecule has 0 saturated heterocycles. The number of nitrogens with one attached hydrogen (secondary N) is 2. The van der Waals surface area contributed by atoms with Crippen molar-refractivity contribution in [3.63, 3.8) is 0 Å². The van der Waals surface area contributed by atoms with Gasteiger partial charge in [-0.25, -0.2) is 12.8 Å². The third-order valence-electron chi connectivity index (χ3n) is 3.77. The van der Waals surface area contributed by atoms with E-state index in [0.717, 1.165) is 0 Å². The highest BCUT2D eigenvalue weighted by atomic mass is 32.2. The summed E-state index contributed by atoms with van der Waals surface area (Å²) >= 11 is 0. The molecule has 0 saturated carbocycles. The summed E-state index contributed by atoms with van der Waals surface area (Å²) in [7, 11) is -3.82. The van der Waals surface area contributed by atoms with Crippen molar-refractivity contribution in [2.24, 2.45) is 0 Å². The van der Waals surface area contributed by atoms with E-state index in [1.165, 1.54) is 36.4 Å². The van der Waals surface area contributed by atoms with Crippen molar-refractivity contribution in [2.45, 2.75) is 11.4 Å². The summed E-state index contributed by atoms with van der Waals surface area (Å²) in [6, 6.07) is 20.1. The van der Waals surface area contributed by atoms with Gasteiger partial charge in [0.2, 0.25) is 0 Å². The number of amides is 1. The molecule has 27 heavy (non-hydrogen) atoms. The minimum Gasteiger partial charge on any atom is -0.348 e. The molecule has 7 heteroatoms. The number of sulfonamides is 1. The molecule has 0 aliphatic rings. The van der Waals surface area contributed by atoms with Crippen LogP contribution in [0.2, 0.25) is 0 Å². The van der Waals surface area contributed by atoms with Crippen molar-refractivity contribution in [2.75, 3.05) is 4.72 Å². The predicted molar refractivity (Wildman–Crippen MR) is 101 cm³/mol. The van der Waals surface area contributed by atoms with E-state index in [1.807, 2.05) is 0 Å². The Kier molecular flexibility index (Phi) is 5.52. The molecular formula is C20H17FN2O3S. The lowest BCUT2D eigenvalue weighted by atomic mass is 10.2. The maximum absolute atomic E-state index is 13.2. The van der Waals surface area contributed by atoms with Crippen LogP contribution >= 0.6 is 0 Å². The Morgan fingerprint density at radius 3 is 2.37 bits per heavy atom. The SMILES string of the molecule is O=C(NCc1cccc(F)c1)c1cccc(S(=O)(=O)Nc2ccccc2)c1. The molecule has 0 heterocycles. The Balaban J connectivity index is 1.73. The van der Waals surface area contributed by atoms with Gasteiger partial charge in [-0.15, -0.1) is 0 Å². The maximum Gasteiger partial charge on any atom is 0.261 e. The molecule has 3 aromatic carbocycles. The molecule has 0 fully saturated rings. The monoisotopic (exact) mass is 384 g/mol. The fourth-order valence-electron chi connectivity index (χ4n) is 2.46. The zero-order valence-corrected chi connectivity index (χ0v) is 15.0. The number of anilines is 1. The van der Waals surface area contributed by atoms with Crippen molar-refractivity contribution in [1.29, 1.82) is 0 Å². The molecule has 0 aromatic heterocycles. The molecule has 0 aliphatic carbocycles. The second kappa shape index (κ2) is 8.01. The first kappa shape index (κ1) is 18.6. The third kappa shape index (κ3) is 4.92. The second-order valence-corrected chi connectivity index (χ2v) is 7.49. The van der Waals surface area contributed by atoms with Crippen LogP contribution in [0, 0.1) is 5.82 Å². The van der Waals surface area contributed by atoms with Gasteiger partial charge in [-0.2, -0.15) is 0 Å². The smallest absolute Gasteiger partial charge is 0.261 e. The largest absolute Gasteiger partial charge is 0.348 e. The van der Waals surface area contributed by atoms with E-state index in [9.17, 15) is 17.6 Å². The first-order valence-corrected chi connectivity index (χ1v) is 9.63. The number of hydrogen-bond donors (Lipinski definition) is 2. The van der Waals surface area contributed by atoms with Gasteiger partial charge in [-0.1, -0.05) is 36.4 Å². The molecule has 2 N–H and O–H groups in total. The molecule has 0 bridgehead atoms. The van der Waals surface area contributed by atoms with Crippen LogP contribution in [-0.2, 0) is 16.6 Å². The molecule has 0 radical (unpaired) electrons. The van der Waals surface area contributed by atoms with Gasteiger partial charge in [0.15, 0.2) is 0 Å². The van der Waals surface area contributed by atoms with Crippen LogP contribution in [0.4, 0.5) is 10.1 Å². The van der Waals surface area contributed by atoms with Gasteiger partial charge >= 0.3 is 0 Å². The average molecular weight is 384 g/mol. The molecule has 3 aromatic rings. The Labute approximate surface area is 156 Å². The zero-order chi connectivity index (χ0) is 19.3. The minimum absolute atomic E-state index is 0.0234. The van der Waals surface area contributed by atoms with E-state index in [0.29, 0.717) is 11.3 Å². The molecule has 0 unspecified atom stereocenters. The molecular weight excluding hydrogens is 367 g/mol. The highest BCUT2D eigenvalue weighted by Crippen LogP contribution is 2.17. The molecule has 1 amide bonds. The van der Waals surface area contributed by atoms with Crippen LogP contribution in [0.25, 0.3) is 0 Å². The predicted octanol–water partition coefficient (Wildman–Crippen LogP) is 3.56. The van der Waals surface area contributed by atoms with Crippen molar-refractivity contribution in [3.8, 4) is 0 Å². The number of hydrogen-bond acceptors (Lipinski definition) is 3. The van der Waals surface area contributed by atoms with Crippen LogP contribution < -0.4 is 10.0 Å². The standard InChI is InChI=1S/C20H17FN2O3S/c21-17-8-4-6-15(12-17)14-22-20(24)16-7-5-11-19(13-16)27(25,26)23-18-9-2-1-3-10-18/h1-13,23H,14H2,(H,22,24). The molecule has 0 aliphatic heterocycles. The van der Waals surface area contributed by atoms with Crippen molar-refractivity contribution in [1.82, 2.24) is 5.32 Å². The van der Waals surface area contributed by atoms with Crippen LogP contribution in [-0.4, -0.2) is 14.3 Å². The highest BCUT2D eigenvalue weighted by molar-refractivity contribution is 7.92. The van der Waals surface area contributed by atoms with Gasteiger partial charge < -0.3 is 5.32 Å². The summed E-state index contributed by atoms with van der Waals surface area (Å²) in [6.45, 7) is 0.135. The van der Waals surface area contributed by atoms with Crippen molar-refractivity contribution >= 4 is 21.6 Å². The normalized spacial score (nSPS) is 11.0. The fraction of sp³-hybridized carbons (Fsp3) is 0.0500. The Morgan fingerprint density at radius 2 is 1.63 bits per heavy atom. The topological polar surface area (TPSA) is 75.3 Å². The number of rotatable bonds is 6. The van der Waals surface area contributed by atoms with E-state index >= 15 is 0 Å². The van der Waals surface area contributed by atoms with E-state index in [2.05, 4.69) is 10.0 Å². The quantitative estimate of drug-likeness (QED) is 0.682. The lowest BCUT2D eigenvalue weighted by Crippen LogP contribution is -2.23. The van der Waals surface area contributed by atoms with Gasteiger partial charge in [-0.05, 0) is 48.0 Å². The van der Waals surface area contributed by atoms with E-state index < -0.39 is 15.9 Å². The molecule has 5 nitrogen and oxygen atoms in total. The van der Waals surface area contributed by atoms with Crippen LogP contribution in [0.15, 0.2) is 83.8 Å². The summed E-state index contributed by atoms with van der Waals surface area (Å²) in [5, 5.41) is 2.65. The van der Waals surface area contributed by atoms with Gasteiger partial charge in [0.1, 0.15) is 5.82 Å². The molecule has 0 atom stereocenters. The summed E-state index contributed by atoms with van der Waals surface area (Å²) < 4.78 is 40.7. The molecule has 138 valence electrons. The first-order chi connectivity index (χ1) is 12.9. The summed E-state index contributed by atoms with van der Waals surface area (Å²) in [6.07, 6.45) is 0. The van der Waals surface area contributed by atoms with Crippen LogP contribution in [0.5, 0.6) is 0 Å². The lowest BCUT2D eigenvalue weighted by molar-refractivity contribution is 0.0950. The van der Waals surface area contributed by atoms with Gasteiger partial charge in [0.25, 0.3) is 15.9 Å². The van der Waals surface area contributed by atoms with Crippen molar-refractivity contribution in [3.05, 3.63) is 95.8 Å². The number of para-hydroxylation sites is 1. The van der Waals surface area contributed by atoms with Gasteiger partial charge in [0.05, 0.1) is 4.90 Å². The summed E-state index contributed by atoms with van der Waals surface area (Å²) in [5.74, 6) is -0.835. The van der Waals surface area contributed by atoms with E-state index in [-0.39, 0.29) is 22.8 Å². The van der Waals surface area contributed by atoms with E-state index in [4.69, 9.17) is 0 Å². The molecule has 0 spiro atoms. The third-order valence-corrected chi connectivity index (χ3v) is 5.15. The number of halogens is 1. The van der Waals surface area contributed by atoms with Crippen LogP contribution in [0.1, 0.15) is 15.9 Å². The Morgan fingerprint density at radius 1 is 0.889 bits per heavy atom. The fourth-order valence-corrected chi connectivity index (χ4v) is 3.56. The number of carbonyl (C=O) groups excluding carboxylic acids is 1. The minimum atomic E-state index is -3.82. The molecule has 3 rings (SSSR count). The van der Waals surface area contributed by atoms with E-state index in [1.54, 1.807) is 42.5 Å². The van der Waals surface area contributed by atoms with Crippen molar-refractivity contribution < 1.29 is 17.6 Å². The lowest BCUT2D eigenvalue weighted by Gasteiger charge is -2.10. The Bertz CT molecular complexity index is 1050. The van der Waals surface area contributed by atoms with Gasteiger partial charge in [-0.3, -0.25) is 9.52 Å². The van der Waals surface area contributed by atoms with Gasteiger partial charge in [0, 0.05) is 17.8 Å². The maximum atomic E-state index is 13.2. The number of benzene rings is 3. The Hall–Kier alpha value is -3.19.